The maximum Gasteiger partial charge on any atom is 0.336 e. The van der Waals surface area contributed by atoms with Crippen LogP contribution in [0.15, 0.2) is 12.1 Å². The zero-order valence-corrected chi connectivity index (χ0v) is 9.71. The molecule has 0 radical (unpaired) electrons. The molecule has 0 spiro atoms. The van der Waals surface area contributed by atoms with E-state index < -0.39 is 5.97 Å². The van der Waals surface area contributed by atoms with Gasteiger partial charge in [-0.15, -0.1) is 12.4 Å². The van der Waals surface area contributed by atoms with E-state index in [1.165, 1.54) is 0 Å². The van der Waals surface area contributed by atoms with Gasteiger partial charge in [-0.05, 0) is 13.0 Å². The molecule has 0 amide bonds. The molecular weight excluding hydrogens is 230 g/mol. The Kier molecular flexibility index (Phi) is 3.78. The van der Waals surface area contributed by atoms with Gasteiger partial charge in [0.1, 0.15) is 5.75 Å². The molecule has 0 saturated heterocycles. The molecule has 0 saturated carbocycles. The third-order valence-corrected chi connectivity index (χ3v) is 2.74. The first kappa shape index (κ1) is 12.8. The van der Waals surface area contributed by atoms with Crippen molar-refractivity contribution < 1.29 is 14.6 Å². The predicted molar refractivity (Wildman–Crippen MR) is 62.4 cm³/mol. The molecule has 16 heavy (non-hydrogen) atoms. The van der Waals surface area contributed by atoms with Gasteiger partial charge in [-0.25, -0.2) is 4.79 Å². The maximum absolute atomic E-state index is 10.9. The first-order chi connectivity index (χ1) is 7.11. The fourth-order valence-electron chi connectivity index (χ4n) is 1.87. The molecular formula is C11H14ClNO3. The third-order valence-electron chi connectivity index (χ3n) is 2.74. The number of fused-ring (bicyclic) bond motifs is 1. The van der Waals surface area contributed by atoms with Crippen molar-refractivity contribution in [3.63, 3.8) is 0 Å². The second-order valence-electron chi connectivity index (χ2n) is 3.71. The lowest BCUT2D eigenvalue weighted by molar-refractivity contribution is 0.0695. The molecule has 1 heterocycles. The van der Waals surface area contributed by atoms with Crippen LogP contribution in [0.4, 0.5) is 0 Å². The van der Waals surface area contributed by atoms with E-state index in [0.29, 0.717) is 17.9 Å². The molecule has 1 aliphatic rings. The van der Waals surface area contributed by atoms with Crippen LogP contribution in [-0.2, 0) is 0 Å². The standard InChI is InChI=1S/C11H13NO3.ClH/c1-6-7(11(13)14)2-3-8-9(12)4-5-15-10(6)8;/h2-3,9H,4-5,12H2,1H3,(H,13,14);1H/t9-;/m0./s1. The summed E-state index contributed by atoms with van der Waals surface area (Å²) in [5, 5.41) is 8.95. The number of rotatable bonds is 1. The zero-order chi connectivity index (χ0) is 11.0. The van der Waals surface area contributed by atoms with Crippen molar-refractivity contribution in [1.29, 1.82) is 0 Å². The van der Waals surface area contributed by atoms with Gasteiger partial charge in [-0.3, -0.25) is 0 Å². The molecule has 0 aliphatic carbocycles. The average Bonchev–Trinajstić information content (AvgIpc) is 2.19. The molecule has 0 aromatic heterocycles. The van der Waals surface area contributed by atoms with Crippen LogP contribution in [0.25, 0.3) is 0 Å². The molecule has 4 nitrogen and oxygen atoms in total. The van der Waals surface area contributed by atoms with Gasteiger partial charge in [0.05, 0.1) is 12.2 Å². The highest BCUT2D eigenvalue weighted by Crippen LogP contribution is 2.34. The van der Waals surface area contributed by atoms with Gasteiger partial charge in [0.2, 0.25) is 0 Å². The number of aromatic carboxylic acids is 1. The molecule has 3 N–H and O–H groups in total. The summed E-state index contributed by atoms with van der Waals surface area (Å²) < 4.78 is 5.47. The molecule has 0 bridgehead atoms. The summed E-state index contributed by atoms with van der Waals surface area (Å²) in [7, 11) is 0. The summed E-state index contributed by atoms with van der Waals surface area (Å²) >= 11 is 0. The maximum atomic E-state index is 10.9. The Morgan fingerprint density at radius 3 is 2.88 bits per heavy atom. The van der Waals surface area contributed by atoms with Crippen molar-refractivity contribution in [2.75, 3.05) is 6.61 Å². The largest absolute Gasteiger partial charge is 0.493 e. The van der Waals surface area contributed by atoms with E-state index in [4.69, 9.17) is 15.6 Å². The second kappa shape index (κ2) is 4.72. The average molecular weight is 244 g/mol. The Balaban J connectivity index is 0.00000128. The molecule has 2 rings (SSSR count). The molecule has 1 aromatic rings. The number of nitrogens with two attached hydrogens (primary N) is 1. The number of hydrogen-bond acceptors (Lipinski definition) is 3. The normalized spacial score (nSPS) is 18.0. The van der Waals surface area contributed by atoms with Crippen LogP contribution in [0.2, 0.25) is 0 Å². The van der Waals surface area contributed by atoms with E-state index in [9.17, 15) is 4.79 Å². The first-order valence-electron chi connectivity index (χ1n) is 4.86. The predicted octanol–water partition coefficient (Wildman–Crippen LogP) is 1.90. The van der Waals surface area contributed by atoms with Crippen LogP contribution < -0.4 is 10.5 Å². The molecule has 0 unspecified atom stereocenters. The van der Waals surface area contributed by atoms with E-state index in [2.05, 4.69) is 0 Å². The minimum absolute atomic E-state index is 0. The van der Waals surface area contributed by atoms with Crippen LogP contribution in [-0.4, -0.2) is 17.7 Å². The quantitative estimate of drug-likeness (QED) is 0.790. The van der Waals surface area contributed by atoms with Crippen molar-refractivity contribution in [1.82, 2.24) is 0 Å². The first-order valence-corrected chi connectivity index (χ1v) is 4.86. The lowest BCUT2D eigenvalue weighted by Crippen LogP contribution is -2.22. The number of carboxylic acid groups (broad SMARTS) is 1. The number of ether oxygens (including phenoxy) is 1. The van der Waals surface area contributed by atoms with Crippen LogP contribution in [0.3, 0.4) is 0 Å². The summed E-state index contributed by atoms with van der Waals surface area (Å²) in [4.78, 5) is 10.9. The van der Waals surface area contributed by atoms with Crippen LogP contribution >= 0.6 is 12.4 Å². The lowest BCUT2D eigenvalue weighted by Gasteiger charge is -2.25. The molecule has 5 heteroatoms. The summed E-state index contributed by atoms with van der Waals surface area (Å²) in [6.45, 7) is 2.30. The van der Waals surface area contributed by atoms with Crippen molar-refractivity contribution in [3.05, 3.63) is 28.8 Å². The zero-order valence-electron chi connectivity index (χ0n) is 8.90. The van der Waals surface area contributed by atoms with E-state index in [0.717, 1.165) is 12.0 Å². The Bertz CT molecular complexity index is 420. The Morgan fingerprint density at radius 2 is 2.25 bits per heavy atom. The van der Waals surface area contributed by atoms with Gasteiger partial charge < -0.3 is 15.6 Å². The monoisotopic (exact) mass is 243 g/mol. The summed E-state index contributed by atoms with van der Waals surface area (Å²) in [5.74, 6) is -0.285. The van der Waals surface area contributed by atoms with Gasteiger partial charge in [0.25, 0.3) is 0 Å². The minimum atomic E-state index is -0.932. The minimum Gasteiger partial charge on any atom is -0.493 e. The summed E-state index contributed by atoms with van der Waals surface area (Å²) in [5.41, 5.74) is 7.76. The highest BCUT2D eigenvalue weighted by atomic mass is 35.5. The summed E-state index contributed by atoms with van der Waals surface area (Å²) in [6, 6.07) is 3.29. The topological polar surface area (TPSA) is 72.5 Å². The van der Waals surface area contributed by atoms with Gasteiger partial charge >= 0.3 is 5.97 Å². The molecule has 1 aliphatic heterocycles. The smallest absolute Gasteiger partial charge is 0.336 e. The van der Waals surface area contributed by atoms with Gasteiger partial charge in [-0.2, -0.15) is 0 Å². The second-order valence-corrected chi connectivity index (χ2v) is 3.71. The van der Waals surface area contributed by atoms with Crippen molar-refractivity contribution in [2.24, 2.45) is 5.73 Å². The molecule has 1 atom stereocenters. The van der Waals surface area contributed by atoms with Crippen molar-refractivity contribution in [2.45, 2.75) is 19.4 Å². The van der Waals surface area contributed by atoms with Gasteiger partial charge in [0.15, 0.2) is 0 Å². The Morgan fingerprint density at radius 1 is 1.56 bits per heavy atom. The van der Waals surface area contributed by atoms with Crippen LogP contribution in [0, 0.1) is 6.92 Å². The molecule has 0 fully saturated rings. The fraction of sp³-hybridized carbons (Fsp3) is 0.364. The molecule has 88 valence electrons. The SMILES string of the molecule is Cc1c(C(=O)O)ccc2c1OCC[C@@H]2N.Cl. The fourth-order valence-corrected chi connectivity index (χ4v) is 1.87. The van der Waals surface area contributed by atoms with E-state index in [1.54, 1.807) is 19.1 Å². The summed E-state index contributed by atoms with van der Waals surface area (Å²) in [6.07, 6.45) is 0.777. The van der Waals surface area contributed by atoms with Gasteiger partial charge in [-0.1, -0.05) is 6.07 Å². The van der Waals surface area contributed by atoms with Gasteiger partial charge in [0, 0.05) is 23.6 Å². The number of halogens is 1. The highest BCUT2D eigenvalue weighted by molar-refractivity contribution is 5.90. The van der Waals surface area contributed by atoms with E-state index >= 15 is 0 Å². The van der Waals surface area contributed by atoms with Crippen molar-refractivity contribution >= 4 is 18.4 Å². The van der Waals surface area contributed by atoms with E-state index in [-0.39, 0.29) is 24.0 Å². The highest BCUT2D eigenvalue weighted by Gasteiger charge is 2.22. The van der Waals surface area contributed by atoms with E-state index in [1.807, 2.05) is 0 Å². The number of benzene rings is 1. The van der Waals surface area contributed by atoms with Crippen molar-refractivity contribution in [3.8, 4) is 5.75 Å². The Labute approximate surface area is 99.8 Å². The molecule has 1 aromatic carbocycles. The number of carboxylic acids is 1. The lowest BCUT2D eigenvalue weighted by atomic mass is 9.95. The number of carbonyl (C=O) groups is 1. The Hall–Kier alpha value is -1.26. The van der Waals surface area contributed by atoms with Crippen LogP contribution in [0.5, 0.6) is 5.75 Å². The third kappa shape index (κ3) is 1.99. The number of hydrogen-bond donors (Lipinski definition) is 2. The van der Waals surface area contributed by atoms with Crippen LogP contribution in [0.1, 0.15) is 33.9 Å².